The van der Waals surface area contributed by atoms with Crippen LogP contribution in [-0.4, -0.2) is 27.7 Å². The summed E-state index contributed by atoms with van der Waals surface area (Å²) in [7, 11) is 0. The second-order valence-corrected chi connectivity index (χ2v) is 5.71. The van der Waals surface area contributed by atoms with Gasteiger partial charge in [0.1, 0.15) is 5.76 Å². The van der Waals surface area contributed by atoms with E-state index in [0.29, 0.717) is 23.0 Å². The van der Waals surface area contributed by atoms with Crippen molar-refractivity contribution in [3.8, 4) is 0 Å². The molecule has 2 rings (SSSR count). The number of benzene rings is 1. The number of rotatable bonds is 7. The SMILES string of the molecule is Cc1ocnc1C(=O)Nc1cccc(CSCCC(=O)O)c1. The highest BCUT2D eigenvalue weighted by Crippen LogP contribution is 2.18. The summed E-state index contributed by atoms with van der Waals surface area (Å²) in [6, 6.07) is 7.43. The van der Waals surface area contributed by atoms with Crippen LogP contribution >= 0.6 is 11.8 Å². The molecule has 0 unspecified atom stereocenters. The molecular weight excluding hydrogens is 304 g/mol. The maximum absolute atomic E-state index is 12.0. The van der Waals surface area contributed by atoms with Crippen molar-refractivity contribution in [1.29, 1.82) is 0 Å². The number of thioether (sulfide) groups is 1. The van der Waals surface area contributed by atoms with E-state index in [-0.39, 0.29) is 18.0 Å². The Morgan fingerprint density at radius 1 is 1.41 bits per heavy atom. The molecule has 0 aliphatic heterocycles. The molecule has 0 aliphatic carbocycles. The van der Waals surface area contributed by atoms with E-state index in [9.17, 15) is 9.59 Å². The van der Waals surface area contributed by atoms with Gasteiger partial charge in [0, 0.05) is 17.2 Å². The fourth-order valence-corrected chi connectivity index (χ4v) is 2.68. The van der Waals surface area contributed by atoms with Gasteiger partial charge >= 0.3 is 5.97 Å². The summed E-state index contributed by atoms with van der Waals surface area (Å²) in [6.45, 7) is 1.68. The van der Waals surface area contributed by atoms with Crippen molar-refractivity contribution in [3.63, 3.8) is 0 Å². The van der Waals surface area contributed by atoms with E-state index in [1.54, 1.807) is 24.8 Å². The zero-order valence-electron chi connectivity index (χ0n) is 12.0. The minimum atomic E-state index is -0.795. The fourth-order valence-electron chi connectivity index (χ4n) is 1.80. The van der Waals surface area contributed by atoms with Crippen LogP contribution in [0.3, 0.4) is 0 Å². The number of aryl methyl sites for hydroxylation is 1. The Labute approximate surface area is 131 Å². The summed E-state index contributed by atoms with van der Waals surface area (Å²) in [4.78, 5) is 26.4. The van der Waals surface area contributed by atoms with Gasteiger partial charge in [-0.25, -0.2) is 4.98 Å². The van der Waals surface area contributed by atoms with Crippen molar-refractivity contribution in [3.05, 3.63) is 47.7 Å². The molecule has 1 aromatic heterocycles. The standard InChI is InChI=1S/C15H16N2O4S/c1-10-14(16-9-21-10)15(20)17-12-4-2-3-11(7-12)8-22-6-5-13(18)19/h2-4,7,9H,5-6,8H2,1H3,(H,17,20)(H,18,19). The molecule has 0 bridgehead atoms. The van der Waals surface area contributed by atoms with Crippen LogP contribution in [0.25, 0.3) is 0 Å². The highest BCUT2D eigenvalue weighted by molar-refractivity contribution is 7.98. The quantitative estimate of drug-likeness (QED) is 0.762. The molecule has 2 N–H and O–H groups in total. The summed E-state index contributed by atoms with van der Waals surface area (Å²) in [5.41, 5.74) is 1.95. The monoisotopic (exact) mass is 320 g/mol. The Bertz CT molecular complexity index is 669. The number of hydrogen-bond donors (Lipinski definition) is 2. The first-order chi connectivity index (χ1) is 10.6. The predicted octanol–water partition coefficient (Wildman–Crippen LogP) is 2.94. The molecule has 7 heteroatoms. The number of oxazole rings is 1. The summed E-state index contributed by atoms with van der Waals surface area (Å²) >= 11 is 1.54. The van der Waals surface area contributed by atoms with Crippen LogP contribution < -0.4 is 5.32 Å². The van der Waals surface area contributed by atoms with Gasteiger partial charge in [-0.15, -0.1) is 0 Å². The first kappa shape index (κ1) is 16.1. The summed E-state index contributed by atoms with van der Waals surface area (Å²) in [6.07, 6.45) is 1.38. The molecule has 0 radical (unpaired) electrons. The molecule has 116 valence electrons. The Balaban J connectivity index is 1.92. The minimum Gasteiger partial charge on any atom is -0.481 e. The van der Waals surface area contributed by atoms with Gasteiger partial charge in [0.25, 0.3) is 5.91 Å². The van der Waals surface area contributed by atoms with Gasteiger partial charge in [-0.05, 0) is 24.6 Å². The molecule has 22 heavy (non-hydrogen) atoms. The van der Waals surface area contributed by atoms with E-state index in [2.05, 4.69) is 10.3 Å². The van der Waals surface area contributed by atoms with Gasteiger partial charge < -0.3 is 14.8 Å². The molecule has 0 fully saturated rings. The molecule has 0 saturated heterocycles. The number of nitrogens with zero attached hydrogens (tertiary/aromatic N) is 1. The number of aliphatic carboxylic acids is 1. The van der Waals surface area contributed by atoms with Gasteiger partial charge in [0.15, 0.2) is 12.1 Å². The van der Waals surface area contributed by atoms with Crippen LogP contribution in [0, 0.1) is 6.92 Å². The zero-order valence-corrected chi connectivity index (χ0v) is 12.9. The number of hydrogen-bond acceptors (Lipinski definition) is 5. The van der Waals surface area contributed by atoms with E-state index >= 15 is 0 Å². The van der Waals surface area contributed by atoms with Crippen LogP contribution in [0.2, 0.25) is 0 Å². The molecule has 0 spiro atoms. The molecule has 6 nitrogen and oxygen atoms in total. The molecule has 1 amide bonds. The molecule has 1 heterocycles. The lowest BCUT2D eigenvalue weighted by atomic mass is 10.2. The topological polar surface area (TPSA) is 92.4 Å². The highest BCUT2D eigenvalue weighted by atomic mass is 32.2. The number of anilines is 1. The second-order valence-electron chi connectivity index (χ2n) is 4.61. The smallest absolute Gasteiger partial charge is 0.304 e. The lowest BCUT2D eigenvalue weighted by Gasteiger charge is -2.06. The van der Waals surface area contributed by atoms with Gasteiger partial charge in [-0.3, -0.25) is 9.59 Å². The summed E-state index contributed by atoms with van der Waals surface area (Å²) in [5.74, 6) is 0.612. The Morgan fingerprint density at radius 2 is 2.23 bits per heavy atom. The van der Waals surface area contributed by atoms with E-state index in [1.807, 2.05) is 18.2 Å². The van der Waals surface area contributed by atoms with Crippen LogP contribution in [-0.2, 0) is 10.5 Å². The highest BCUT2D eigenvalue weighted by Gasteiger charge is 2.13. The summed E-state index contributed by atoms with van der Waals surface area (Å²) < 4.78 is 5.01. The van der Waals surface area contributed by atoms with Gasteiger partial charge in [0.2, 0.25) is 0 Å². The van der Waals surface area contributed by atoms with Crippen molar-refractivity contribution in [2.24, 2.45) is 0 Å². The van der Waals surface area contributed by atoms with Gasteiger partial charge in [0.05, 0.1) is 6.42 Å². The average Bonchev–Trinajstić information content (AvgIpc) is 2.90. The van der Waals surface area contributed by atoms with E-state index in [4.69, 9.17) is 9.52 Å². The molecule has 0 saturated carbocycles. The lowest BCUT2D eigenvalue weighted by molar-refractivity contribution is -0.136. The normalized spacial score (nSPS) is 10.4. The Hall–Kier alpha value is -2.28. The third-order valence-corrected chi connectivity index (χ3v) is 3.90. The molecule has 0 atom stereocenters. The molecule has 1 aromatic carbocycles. The maximum atomic E-state index is 12.0. The lowest BCUT2D eigenvalue weighted by Crippen LogP contribution is -2.13. The van der Waals surface area contributed by atoms with E-state index in [1.165, 1.54) is 6.39 Å². The first-order valence-electron chi connectivity index (χ1n) is 6.66. The van der Waals surface area contributed by atoms with Crippen molar-refractivity contribution < 1.29 is 19.1 Å². The maximum Gasteiger partial charge on any atom is 0.304 e. The van der Waals surface area contributed by atoms with Crippen LogP contribution in [0.1, 0.15) is 28.2 Å². The minimum absolute atomic E-state index is 0.145. The van der Waals surface area contributed by atoms with Crippen molar-refractivity contribution in [1.82, 2.24) is 4.98 Å². The average molecular weight is 320 g/mol. The Morgan fingerprint density at radius 3 is 2.91 bits per heavy atom. The predicted molar refractivity (Wildman–Crippen MR) is 84.1 cm³/mol. The largest absolute Gasteiger partial charge is 0.481 e. The number of nitrogens with one attached hydrogen (secondary N) is 1. The van der Waals surface area contributed by atoms with Crippen molar-refractivity contribution >= 4 is 29.3 Å². The molecule has 2 aromatic rings. The number of amides is 1. The molecule has 0 aliphatic rings. The van der Waals surface area contributed by atoms with E-state index < -0.39 is 5.97 Å². The molecular formula is C15H16N2O4S. The number of carboxylic acid groups (broad SMARTS) is 1. The third kappa shape index (κ3) is 4.63. The number of carbonyl (C=O) groups is 2. The van der Waals surface area contributed by atoms with Crippen molar-refractivity contribution in [2.75, 3.05) is 11.1 Å². The van der Waals surface area contributed by atoms with Crippen LogP contribution in [0.5, 0.6) is 0 Å². The fraction of sp³-hybridized carbons (Fsp3) is 0.267. The third-order valence-electron chi connectivity index (χ3n) is 2.87. The first-order valence-corrected chi connectivity index (χ1v) is 7.81. The van der Waals surface area contributed by atoms with Gasteiger partial charge in [-0.1, -0.05) is 12.1 Å². The van der Waals surface area contributed by atoms with Gasteiger partial charge in [-0.2, -0.15) is 11.8 Å². The van der Waals surface area contributed by atoms with Crippen LogP contribution in [0.15, 0.2) is 35.1 Å². The second kappa shape index (κ2) is 7.65. The summed E-state index contributed by atoms with van der Waals surface area (Å²) in [5, 5.41) is 11.4. The van der Waals surface area contributed by atoms with E-state index in [0.717, 1.165) is 5.56 Å². The Kier molecular flexibility index (Phi) is 5.60. The zero-order chi connectivity index (χ0) is 15.9. The number of aromatic nitrogens is 1. The van der Waals surface area contributed by atoms with Crippen LogP contribution in [0.4, 0.5) is 5.69 Å². The number of carbonyl (C=O) groups excluding carboxylic acids is 1. The number of carboxylic acids is 1. The van der Waals surface area contributed by atoms with Crippen molar-refractivity contribution in [2.45, 2.75) is 19.1 Å².